The van der Waals surface area contributed by atoms with Gasteiger partial charge in [0.1, 0.15) is 0 Å². The molecule has 0 saturated heterocycles. The number of aliphatic carboxylic acids is 3. The van der Waals surface area contributed by atoms with Gasteiger partial charge in [0.25, 0.3) is 0 Å². The third kappa shape index (κ3) is 51.0. The van der Waals surface area contributed by atoms with E-state index in [0.29, 0.717) is 32.8 Å². The predicted octanol–water partition coefficient (Wildman–Crippen LogP) is 0.161. The van der Waals surface area contributed by atoms with E-state index in [2.05, 4.69) is 19.7 Å². The van der Waals surface area contributed by atoms with Crippen molar-refractivity contribution in [1.29, 1.82) is 0 Å². The van der Waals surface area contributed by atoms with Gasteiger partial charge in [-0.3, -0.25) is 0 Å². The molecule has 0 heterocycles. The Hall–Kier alpha value is -2.65. The molecule has 0 aliphatic rings. The van der Waals surface area contributed by atoms with Crippen molar-refractivity contribution in [3.8, 4) is 0 Å². The van der Waals surface area contributed by atoms with Crippen LogP contribution in [-0.4, -0.2) is 118 Å². The summed E-state index contributed by atoms with van der Waals surface area (Å²) >= 11 is 0. The molecule has 220 valence electrons. The fraction of sp³-hybridized carbons (Fsp3) is 0.625. The number of aliphatic hydroxyl groups excluding tert-OH is 5. The van der Waals surface area contributed by atoms with Gasteiger partial charge in [0.15, 0.2) is 0 Å². The maximum atomic E-state index is 9.25. The first kappa shape index (κ1) is 44.4. The summed E-state index contributed by atoms with van der Waals surface area (Å²) in [5.41, 5.74) is -0.716. The molecule has 13 heteroatoms. The average molecular weight is 543 g/mol. The first-order chi connectivity index (χ1) is 17.1. The van der Waals surface area contributed by atoms with Gasteiger partial charge in [-0.25, -0.2) is 14.4 Å². The fourth-order valence-corrected chi connectivity index (χ4v) is 1.89. The Balaban J connectivity index is -0.000000122. The van der Waals surface area contributed by atoms with Gasteiger partial charge < -0.3 is 50.3 Å². The molecule has 0 aliphatic heterocycles. The fourth-order valence-electron chi connectivity index (χ4n) is 1.89. The summed E-state index contributed by atoms with van der Waals surface area (Å²) in [5, 5.41) is 66.4. The Morgan fingerprint density at radius 3 is 0.973 bits per heavy atom. The monoisotopic (exact) mass is 542 g/mol. The van der Waals surface area contributed by atoms with Crippen molar-refractivity contribution in [2.45, 2.75) is 27.2 Å². The van der Waals surface area contributed by atoms with E-state index in [4.69, 9.17) is 50.3 Å². The summed E-state index contributed by atoms with van der Waals surface area (Å²) in [6.45, 7) is 16.2. The second-order valence-electron chi connectivity index (χ2n) is 8.01. The largest absolute Gasteiger partial charge is 0.478 e. The summed E-state index contributed by atoms with van der Waals surface area (Å²) in [6.07, 6.45) is 3.11. The van der Waals surface area contributed by atoms with Gasteiger partial charge >= 0.3 is 17.9 Å². The second kappa shape index (κ2) is 31.4. The number of ether oxygens (including phenoxy) is 2. The van der Waals surface area contributed by atoms with Crippen LogP contribution in [0.15, 0.2) is 38.0 Å². The van der Waals surface area contributed by atoms with Crippen LogP contribution in [0.4, 0.5) is 0 Å². The van der Waals surface area contributed by atoms with Crippen molar-refractivity contribution in [2.75, 3.05) is 59.5 Å². The van der Waals surface area contributed by atoms with E-state index in [1.165, 1.54) is 0 Å². The summed E-state index contributed by atoms with van der Waals surface area (Å²) in [7, 11) is 0. The molecular weight excluding hydrogens is 496 g/mol. The highest BCUT2D eigenvalue weighted by atomic mass is 16.5. The highest BCUT2D eigenvalue weighted by Crippen LogP contribution is 2.32. The molecule has 0 atom stereocenters. The predicted molar refractivity (Wildman–Crippen MR) is 137 cm³/mol. The molecular formula is C24H46O13. The summed E-state index contributed by atoms with van der Waals surface area (Å²) < 4.78 is 9.75. The molecule has 0 rings (SSSR count). The average Bonchev–Trinajstić information content (AvgIpc) is 2.85. The van der Waals surface area contributed by atoms with Gasteiger partial charge in [0.05, 0.1) is 59.5 Å². The number of carbonyl (C=O) groups is 3. The lowest BCUT2D eigenvalue weighted by atomic mass is 9.75. The number of aliphatic hydroxyl groups is 5. The molecule has 0 amide bonds. The topological polar surface area (TPSA) is 232 Å². The molecule has 37 heavy (non-hydrogen) atoms. The van der Waals surface area contributed by atoms with E-state index in [1.807, 2.05) is 20.8 Å². The van der Waals surface area contributed by atoms with Crippen LogP contribution in [0.2, 0.25) is 0 Å². The second-order valence-corrected chi connectivity index (χ2v) is 8.01. The van der Waals surface area contributed by atoms with Crippen molar-refractivity contribution < 1.29 is 64.7 Å². The van der Waals surface area contributed by atoms with Crippen LogP contribution < -0.4 is 0 Å². The zero-order chi connectivity index (χ0) is 30.3. The van der Waals surface area contributed by atoms with Crippen molar-refractivity contribution in [2.24, 2.45) is 10.8 Å². The molecule has 8 N–H and O–H groups in total. The van der Waals surface area contributed by atoms with Crippen molar-refractivity contribution in [3.05, 3.63) is 38.0 Å². The Bertz CT molecular complexity index is 521. The number of hydrogen-bond donors (Lipinski definition) is 8. The van der Waals surface area contributed by atoms with Crippen molar-refractivity contribution in [1.82, 2.24) is 0 Å². The molecule has 0 aromatic heterocycles. The maximum absolute atomic E-state index is 9.25. The summed E-state index contributed by atoms with van der Waals surface area (Å²) in [4.78, 5) is 27.8. The van der Waals surface area contributed by atoms with Crippen LogP contribution in [0.5, 0.6) is 0 Å². The lowest BCUT2D eigenvalue weighted by molar-refractivity contribution is -0.132. The highest BCUT2D eigenvalue weighted by molar-refractivity contribution is 5.79. The number of rotatable bonds is 14. The zero-order valence-electron chi connectivity index (χ0n) is 22.0. The normalized spacial score (nSPS) is 9.73. The zero-order valence-corrected chi connectivity index (χ0v) is 22.0. The van der Waals surface area contributed by atoms with Gasteiger partial charge in [0.2, 0.25) is 0 Å². The van der Waals surface area contributed by atoms with E-state index in [0.717, 1.165) is 18.2 Å². The Morgan fingerprint density at radius 1 is 0.622 bits per heavy atom. The molecule has 0 aliphatic carbocycles. The Labute approximate surface area is 218 Å². The minimum absolute atomic E-state index is 0.00813. The van der Waals surface area contributed by atoms with E-state index >= 15 is 0 Å². The van der Waals surface area contributed by atoms with E-state index in [-0.39, 0.29) is 38.4 Å². The van der Waals surface area contributed by atoms with Gasteiger partial charge in [-0.15, -0.1) is 0 Å². The molecule has 13 nitrogen and oxygen atoms in total. The third-order valence-corrected chi connectivity index (χ3v) is 3.28. The molecule has 0 bridgehead atoms. The number of carboxylic acids is 3. The summed E-state index contributed by atoms with van der Waals surface area (Å²) in [5.74, 6) is -2.94. The highest BCUT2D eigenvalue weighted by Gasteiger charge is 2.32. The van der Waals surface area contributed by atoms with Crippen molar-refractivity contribution in [3.63, 3.8) is 0 Å². The quantitative estimate of drug-likeness (QED) is 0.108. The lowest BCUT2D eigenvalue weighted by Crippen LogP contribution is -2.37. The number of hydrogen-bond acceptors (Lipinski definition) is 10. The standard InChI is InChI=1S/C9H20O3.C6H14O4.3C3H4O2/c1-8(2,3)4-9(5-10,6-11)7-12;7-1-3-9-5-6-10-4-2-8;3*1-2-3(4)5/h10-12H,4-7H2,1-3H3;7-8H,1-6H2;3*2H,1H2,(H,4,5). The number of carboxylic acid groups (broad SMARTS) is 3. The molecule has 0 fully saturated rings. The van der Waals surface area contributed by atoms with Crippen molar-refractivity contribution >= 4 is 17.9 Å². The summed E-state index contributed by atoms with van der Waals surface area (Å²) in [6, 6.07) is 0. The maximum Gasteiger partial charge on any atom is 0.327 e. The molecule has 0 aromatic carbocycles. The molecule has 0 radical (unpaired) electrons. The van der Waals surface area contributed by atoms with E-state index in [9.17, 15) is 14.4 Å². The van der Waals surface area contributed by atoms with Crippen LogP contribution in [-0.2, 0) is 23.9 Å². The Morgan fingerprint density at radius 2 is 0.865 bits per heavy atom. The SMILES string of the molecule is C=CC(=O)O.C=CC(=O)O.C=CC(=O)O.CC(C)(C)CC(CO)(CO)CO.OCCOCCOCCO. The molecule has 0 saturated carbocycles. The van der Waals surface area contributed by atoms with Gasteiger partial charge in [-0.1, -0.05) is 40.5 Å². The first-order valence-electron chi connectivity index (χ1n) is 10.9. The van der Waals surface area contributed by atoms with E-state index in [1.54, 1.807) is 0 Å². The van der Waals surface area contributed by atoms with Crippen LogP contribution >= 0.6 is 0 Å². The van der Waals surface area contributed by atoms with Gasteiger partial charge in [-0.05, 0) is 11.8 Å². The molecule has 0 spiro atoms. The van der Waals surface area contributed by atoms with E-state index < -0.39 is 23.3 Å². The molecule has 0 unspecified atom stereocenters. The minimum Gasteiger partial charge on any atom is -0.478 e. The van der Waals surface area contributed by atoms with Gasteiger partial charge in [-0.2, -0.15) is 0 Å². The Kier molecular flexibility index (Phi) is 37.6. The smallest absolute Gasteiger partial charge is 0.327 e. The molecule has 0 aromatic rings. The first-order valence-corrected chi connectivity index (χ1v) is 10.9. The third-order valence-electron chi connectivity index (χ3n) is 3.28. The van der Waals surface area contributed by atoms with Crippen LogP contribution in [0.1, 0.15) is 27.2 Å². The minimum atomic E-state index is -0.981. The van der Waals surface area contributed by atoms with Gasteiger partial charge in [0, 0.05) is 23.6 Å². The lowest BCUT2D eigenvalue weighted by Gasteiger charge is -2.34. The van der Waals surface area contributed by atoms with Crippen LogP contribution in [0.3, 0.4) is 0 Å². The van der Waals surface area contributed by atoms with Crippen LogP contribution in [0.25, 0.3) is 0 Å². The van der Waals surface area contributed by atoms with Crippen LogP contribution in [0, 0.1) is 10.8 Å².